The SMILES string of the molecule is Cc1ccc2cccc(OCCOc3ccccc3-c3ccccc3)c2n1. The fourth-order valence-corrected chi connectivity index (χ4v) is 3.09. The summed E-state index contributed by atoms with van der Waals surface area (Å²) in [5.41, 5.74) is 4.09. The quantitative estimate of drug-likeness (QED) is 0.418. The molecule has 0 bridgehead atoms. The Morgan fingerprint density at radius 2 is 1.37 bits per heavy atom. The zero-order valence-corrected chi connectivity index (χ0v) is 15.3. The van der Waals surface area contributed by atoms with Crippen LogP contribution in [0, 0.1) is 6.92 Å². The van der Waals surface area contributed by atoms with Gasteiger partial charge in [-0.3, -0.25) is 0 Å². The Morgan fingerprint density at radius 3 is 2.22 bits per heavy atom. The summed E-state index contributed by atoms with van der Waals surface area (Å²) in [5, 5.41) is 1.08. The average Bonchev–Trinajstić information content (AvgIpc) is 2.72. The van der Waals surface area contributed by atoms with Crippen LogP contribution < -0.4 is 9.47 Å². The maximum absolute atomic E-state index is 6.00. The normalized spacial score (nSPS) is 10.7. The molecule has 1 heterocycles. The summed E-state index contributed by atoms with van der Waals surface area (Å²) in [6.45, 7) is 2.91. The van der Waals surface area contributed by atoms with E-state index in [1.54, 1.807) is 0 Å². The van der Waals surface area contributed by atoms with Gasteiger partial charge >= 0.3 is 0 Å². The third kappa shape index (κ3) is 3.93. The molecule has 3 aromatic carbocycles. The second-order valence-corrected chi connectivity index (χ2v) is 6.34. The van der Waals surface area contributed by atoms with Gasteiger partial charge < -0.3 is 9.47 Å². The maximum Gasteiger partial charge on any atom is 0.145 e. The van der Waals surface area contributed by atoms with E-state index in [1.807, 2.05) is 67.6 Å². The molecular formula is C24H21NO2. The molecule has 0 fully saturated rings. The molecule has 0 N–H and O–H groups in total. The van der Waals surface area contributed by atoms with Crippen molar-refractivity contribution >= 4 is 10.9 Å². The lowest BCUT2D eigenvalue weighted by molar-refractivity contribution is 0.219. The summed E-state index contributed by atoms with van der Waals surface area (Å²) < 4.78 is 12.0. The molecule has 0 saturated heterocycles. The highest BCUT2D eigenvalue weighted by atomic mass is 16.5. The first-order chi connectivity index (χ1) is 13.3. The van der Waals surface area contributed by atoms with E-state index < -0.39 is 0 Å². The molecule has 0 unspecified atom stereocenters. The molecule has 3 nitrogen and oxygen atoms in total. The van der Waals surface area contributed by atoms with E-state index in [4.69, 9.17) is 9.47 Å². The van der Waals surface area contributed by atoms with Gasteiger partial charge in [0.1, 0.15) is 30.2 Å². The van der Waals surface area contributed by atoms with Gasteiger partial charge in [0, 0.05) is 16.6 Å². The van der Waals surface area contributed by atoms with E-state index in [1.165, 1.54) is 0 Å². The van der Waals surface area contributed by atoms with E-state index in [9.17, 15) is 0 Å². The van der Waals surface area contributed by atoms with Gasteiger partial charge in [-0.25, -0.2) is 4.98 Å². The number of ether oxygens (including phenoxy) is 2. The molecule has 0 atom stereocenters. The van der Waals surface area contributed by atoms with Crippen LogP contribution in [0.4, 0.5) is 0 Å². The fourth-order valence-electron chi connectivity index (χ4n) is 3.09. The van der Waals surface area contributed by atoms with Gasteiger partial charge in [-0.2, -0.15) is 0 Å². The molecule has 4 rings (SSSR count). The summed E-state index contributed by atoms with van der Waals surface area (Å²) in [5.74, 6) is 1.65. The number of hydrogen-bond donors (Lipinski definition) is 0. The third-order valence-electron chi connectivity index (χ3n) is 4.39. The minimum absolute atomic E-state index is 0.456. The van der Waals surface area contributed by atoms with Crippen LogP contribution in [0.5, 0.6) is 11.5 Å². The largest absolute Gasteiger partial charge is 0.489 e. The van der Waals surface area contributed by atoms with Gasteiger partial charge in [0.05, 0.1) is 0 Å². The number of para-hydroxylation sites is 2. The van der Waals surface area contributed by atoms with Gasteiger partial charge in [0.15, 0.2) is 0 Å². The molecular weight excluding hydrogens is 334 g/mol. The maximum atomic E-state index is 6.00. The van der Waals surface area contributed by atoms with Crippen molar-refractivity contribution < 1.29 is 9.47 Å². The highest BCUT2D eigenvalue weighted by molar-refractivity contribution is 5.84. The smallest absolute Gasteiger partial charge is 0.145 e. The van der Waals surface area contributed by atoms with Crippen LogP contribution in [0.1, 0.15) is 5.69 Å². The molecule has 3 heteroatoms. The molecule has 0 aliphatic rings. The van der Waals surface area contributed by atoms with Crippen molar-refractivity contribution in [3.05, 3.63) is 90.6 Å². The lowest BCUT2D eigenvalue weighted by atomic mass is 10.1. The van der Waals surface area contributed by atoms with E-state index in [2.05, 4.69) is 29.2 Å². The van der Waals surface area contributed by atoms with Crippen molar-refractivity contribution in [1.29, 1.82) is 0 Å². The number of aromatic nitrogens is 1. The van der Waals surface area contributed by atoms with Crippen molar-refractivity contribution in [1.82, 2.24) is 4.98 Å². The predicted octanol–water partition coefficient (Wildman–Crippen LogP) is 5.67. The number of fused-ring (bicyclic) bond motifs is 1. The Kier molecular flexibility index (Phi) is 5.01. The fraction of sp³-hybridized carbons (Fsp3) is 0.125. The second kappa shape index (κ2) is 7.92. The lowest BCUT2D eigenvalue weighted by Crippen LogP contribution is -2.10. The molecule has 0 aliphatic heterocycles. The van der Waals surface area contributed by atoms with Crippen molar-refractivity contribution in [2.45, 2.75) is 6.92 Å². The van der Waals surface area contributed by atoms with E-state index >= 15 is 0 Å². The minimum Gasteiger partial charge on any atom is -0.489 e. The van der Waals surface area contributed by atoms with Gasteiger partial charge in [-0.05, 0) is 30.7 Å². The van der Waals surface area contributed by atoms with E-state index in [0.717, 1.165) is 39.2 Å². The molecule has 0 amide bonds. The summed E-state index contributed by atoms with van der Waals surface area (Å²) in [4.78, 5) is 4.60. The van der Waals surface area contributed by atoms with Gasteiger partial charge in [0.2, 0.25) is 0 Å². The highest BCUT2D eigenvalue weighted by Crippen LogP contribution is 2.29. The Morgan fingerprint density at radius 1 is 0.667 bits per heavy atom. The topological polar surface area (TPSA) is 31.4 Å². The number of pyridine rings is 1. The third-order valence-corrected chi connectivity index (χ3v) is 4.39. The Bertz CT molecular complexity index is 1040. The van der Waals surface area contributed by atoms with Crippen LogP contribution in [0.15, 0.2) is 84.9 Å². The first kappa shape index (κ1) is 17.1. The zero-order chi connectivity index (χ0) is 18.5. The molecule has 134 valence electrons. The van der Waals surface area contributed by atoms with Crippen LogP contribution in [0.2, 0.25) is 0 Å². The Hall–Kier alpha value is -3.33. The summed E-state index contributed by atoms with van der Waals surface area (Å²) >= 11 is 0. The van der Waals surface area contributed by atoms with Gasteiger partial charge in [-0.15, -0.1) is 0 Å². The van der Waals surface area contributed by atoms with Gasteiger partial charge in [0.25, 0.3) is 0 Å². The molecule has 0 spiro atoms. The highest BCUT2D eigenvalue weighted by Gasteiger charge is 2.07. The Labute approximate surface area is 159 Å². The summed E-state index contributed by atoms with van der Waals surface area (Å²) in [6.07, 6.45) is 0. The van der Waals surface area contributed by atoms with Crippen LogP contribution >= 0.6 is 0 Å². The van der Waals surface area contributed by atoms with Crippen LogP contribution in [-0.2, 0) is 0 Å². The van der Waals surface area contributed by atoms with Crippen LogP contribution in [-0.4, -0.2) is 18.2 Å². The molecule has 0 saturated carbocycles. The van der Waals surface area contributed by atoms with Crippen molar-refractivity contribution in [2.24, 2.45) is 0 Å². The molecule has 4 aromatic rings. The number of hydrogen-bond acceptors (Lipinski definition) is 3. The number of rotatable bonds is 6. The standard InChI is InChI=1S/C24H21NO2/c1-18-14-15-20-10-7-13-23(24(20)25-18)27-17-16-26-22-12-6-5-11-21(22)19-8-3-2-4-9-19/h2-15H,16-17H2,1H3. The predicted molar refractivity (Wildman–Crippen MR) is 109 cm³/mol. The van der Waals surface area contributed by atoms with Crippen LogP contribution in [0.3, 0.4) is 0 Å². The lowest BCUT2D eigenvalue weighted by Gasteiger charge is -2.13. The van der Waals surface area contributed by atoms with E-state index in [0.29, 0.717) is 13.2 Å². The summed E-state index contributed by atoms with van der Waals surface area (Å²) in [6, 6.07) is 28.4. The molecule has 0 aliphatic carbocycles. The number of aryl methyl sites for hydroxylation is 1. The van der Waals surface area contributed by atoms with Crippen LogP contribution in [0.25, 0.3) is 22.0 Å². The van der Waals surface area contributed by atoms with Crippen molar-refractivity contribution in [3.8, 4) is 22.6 Å². The Balaban J connectivity index is 1.44. The van der Waals surface area contributed by atoms with E-state index in [-0.39, 0.29) is 0 Å². The summed E-state index contributed by atoms with van der Waals surface area (Å²) in [7, 11) is 0. The van der Waals surface area contributed by atoms with Crippen molar-refractivity contribution in [3.63, 3.8) is 0 Å². The molecule has 0 radical (unpaired) electrons. The zero-order valence-electron chi connectivity index (χ0n) is 15.3. The first-order valence-electron chi connectivity index (χ1n) is 9.08. The molecule has 27 heavy (non-hydrogen) atoms. The minimum atomic E-state index is 0.456. The number of nitrogens with zero attached hydrogens (tertiary/aromatic N) is 1. The van der Waals surface area contributed by atoms with Crippen molar-refractivity contribution in [2.75, 3.05) is 13.2 Å². The second-order valence-electron chi connectivity index (χ2n) is 6.34. The number of benzene rings is 3. The average molecular weight is 355 g/mol. The van der Waals surface area contributed by atoms with Gasteiger partial charge in [-0.1, -0.05) is 66.7 Å². The monoisotopic (exact) mass is 355 g/mol. The first-order valence-corrected chi connectivity index (χ1v) is 9.08. The molecule has 1 aromatic heterocycles.